The molecular formula is C9H10N4O3. The molecule has 0 radical (unpaired) electrons. The molecule has 1 heterocycles. The highest BCUT2D eigenvalue weighted by atomic mass is 16.4. The molecule has 1 saturated carbocycles. The van der Waals surface area contributed by atoms with Gasteiger partial charge in [-0.15, -0.1) is 0 Å². The molecule has 1 aromatic heterocycles. The Kier molecular flexibility index (Phi) is 2.67. The van der Waals surface area contributed by atoms with Crippen LogP contribution in [0.3, 0.4) is 0 Å². The van der Waals surface area contributed by atoms with Crippen molar-refractivity contribution in [1.29, 1.82) is 0 Å². The molecule has 7 heteroatoms. The maximum absolute atomic E-state index is 11.4. The minimum Gasteiger partial charge on any atom is -0.465 e. The van der Waals surface area contributed by atoms with Gasteiger partial charge in [-0.2, -0.15) is 0 Å². The fourth-order valence-electron chi connectivity index (χ4n) is 1.18. The lowest BCUT2D eigenvalue weighted by Crippen LogP contribution is -2.15. The van der Waals surface area contributed by atoms with Gasteiger partial charge in [0.2, 0.25) is 5.91 Å². The maximum Gasteiger partial charge on any atom is 0.410 e. The van der Waals surface area contributed by atoms with E-state index < -0.39 is 6.09 Å². The summed E-state index contributed by atoms with van der Waals surface area (Å²) in [4.78, 5) is 29.3. The summed E-state index contributed by atoms with van der Waals surface area (Å²) in [7, 11) is 0. The molecular weight excluding hydrogens is 212 g/mol. The van der Waals surface area contributed by atoms with Gasteiger partial charge in [0.05, 0.1) is 0 Å². The molecule has 0 saturated heterocycles. The van der Waals surface area contributed by atoms with Crippen molar-refractivity contribution >= 4 is 23.6 Å². The molecule has 7 nitrogen and oxygen atoms in total. The summed E-state index contributed by atoms with van der Waals surface area (Å²) in [6.07, 6.45) is 1.78. The van der Waals surface area contributed by atoms with Crippen LogP contribution in [0.4, 0.5) is 16.4 Å². The van der Waals surface area contributed by atoms with Crippen LogP contribution in [0.5, 0.6) is 0 Å². The van der Waals surface area contributed by atoms with Crippen molar-refractivity contribution in [3.8, 4) is 0 Å². The molecule has 0 spiro atoms. The lowest BCUT2D eigenvalue weighted by molar-refractivity contribution is -0.117. The smallest absolute Gasteiger partial charge is 0.410 e. The van der Waals surface area contributed by atoms with Crippen LogP contribution in [-0.4, -0.2) is 27.1 Å². The van der Waals surface area contributed by atoms with Gasteiger partial charge in [-0.1, -0.05) is 0 Å². The van der Waals surface area contributed by atoms with E-state index >= 15 is 0 Å². The van der Waals surface area contributed by atoms with Crippen LogP contribution >= 0.6 is 0 Å². The summed E-state index contributed by atoms with van der Waals surface area (Å²) >= 11 is 0. The number of amides is 2. The Morgan fingerprint density at radius 1 is 1.25 bits per heavy atom. The average molecular weight is 222 g/mol. The lowest BCUT2D eigenvalue weighted by Gasteiger charge is -2.04. The predicted molar refractivity (Wildman–Crippen MR) is 55.0 cm³/mol. The zero-order valence-corrected chi connectivity index (χ0v) is 8.30. The van der Waals surface area contributed by atoms with Crippen molar-refractivity contribution < 1.29 is 14.7 Å². The molecule has 2 rings (SSSR count). The third-order valence-electron chi connectivity index (χ3n) is 2.10. The van der Waals surface area contributed by atoms with Crippen molar-refractivity contribution in [2.45, 2.75) is 12.8 Å². The van der Waals surface area contributed by atoms with Gasteiger partial charge in [0.15, 0.2) is 0 Å². The summed E-state index contributed by atoms with van der Waals surface area (Å²) in [6, 6.07) is 1.37. The monoisotopic (exact) mass is 222 g/mol. The number of hydrogen-bond acceptors (Lipinski definition) is 4. The Labute approximate surface area is 90.9 Å². The van der Waals surface area contributed by atoms with Gasteiger partial charge >= 0.3 is 6.09 Å². The Morgan fingerprint density at radius 2 is 1.88 bits per heavy atom. The standard InChI is InChI=1S/C9H10N4O3/c14-8(5-1-2-5)12-6-3-7(11-4-10-6)13-9(15)16/h3-5H,1-2H2,(H,15,16)(H2,10,11,12,13,14). The molecule has 0 unspecified atom stereocenters. The van der Waals surface area contributed by atoms with Crippen molar-refractivity contribution in [1.82, 2.24) is 9.97 Å². The van der Waals surface area contributed by atoms with E-state index in [1.54, 1.807) is 0 Å². The molecule has 3 N–H and O–H groups in total. The highest BCUT2D eigenvalue weighted by molar-refractivity contribution is 5.93. The van der Waals surface area contributed by atoms with Gasteiger partial charge in [-0.3, -0.25) is 10.1 Å². The number of nitrogens with zero attached hydrogens (tertiary/aromatic N) is 2. The van der Waals surface area contributed by atoms with E-state index in [4.69, 9.17) is 5.11 Å². The minimum absolute atomic E-state index is 0.0749. The maximum atomic E-state index is 11.4. The second-order valence-electron chi connectivity index (χ2n) is 3.48. The second kappa shape index (κ2) is 4.13. The number of carbonyl (C=O) groups is 2. The van der Waals surface area contributed by atoms with Crippen molar-refractivity contribution in [2.75, 3.05) is 10.6 Å². The Hall–Kier alpha value is -2.18. The van der Waals surface area contributed by atoms with E-state index in [9.17, 15) is 9.59 Å². The van der Waals surface area contributed by atoms with Gasteiger partial charge in [-0.05, 0) is 12.8 Å². The average Bonchev–Trinajstić information content (AvgIpc) is 2.99. The fraction of sp³-hybridized carbons (Fsp3) is 0.333. The predicted octanol–water partition coefficient (Wildman–Crippen LogP) is 0.915. The van der Waals surface area contributed by atoms with Gasteiger partial charge < -0.3 is 10.4 Å². The van der Waals surface area contributed by atoms with Crippen LogP contribution in [0.15, 0.2) is 12.4 Å². The van der Waals surface area contributed by atoms with Crippen molar-refractivity contribution in [3.05, 3.63) is 12.4 Å². The Bertz CT molecular complexity index is 431. The molecule has 1 fully saturated rings. The summed E-state index contributed by atoms with van der Waals surface area (Å²) in [6.45, 7) is 0. The lowest BCUT2D eigenvalue weighted by atomic mass is 10.4. The highest BCUT2D eigenvalue weighted by Crippen LogP contribution is 2.29. The summed E-state index contributed by atoms with van der Waals surface area (Å²) in [5, 5.41) is 13.2. The minimum atomic E-state index is -1.21. The van der Waals surface area contributed by atoms with E-state index in [0.29, 0.717) is 5.82 Å². The molecule has 16 heavy (non-hydrogen) atoms. The largest absolute Gasteiger partial charge is 0.465 e. The normalized spacial score (nSPS) is 14.2. The van der Waals surface area contributed by atoms with Gasteiger partial charge in [0, 0.05) is 12.0 Å². The third-order valence-corrected chi connectivity index (χ3v) is 2.10. The third kappa shape index (κ3) is 2.66. The zero-order chi connectivity index (χ0) is 11.5. The number of anilines is 2. The number of aromatic nitrogens is 2. The first kappa shape index (κ1) is 10.3. The Morgan fingerprint density at radius 3 is 2.44 bits per heavy atom. The number of carboxylic acid groups (broad SMARTS) is 1. The first-order valence-electron chi connectivity index (χ1n) is 4.78. The molecule has 1 aromatic rings. The molecule has 2 amide bonds. The topological polar surface area (TPSA) is 104 Å². The fourth-order valence-corrected chi connectivity index (χ4v) is 1.18. The molecule has 1 aliphatic rings. The summed E-state index contributed by atoms with van der Waals surface area (Å²) in [5.74, 6) is 0.426. The molecule has 0 aliphatic heterocycles. The highest BCUT2D eigenvalue weighted by Gasteiger charge is 2.29. The number of rotatable bonds is 3. The molecule has 0 atom stereocenters. The molecule has 1 aliphatic carbocycles. The van der Waals surface area contributed by atoms with Crippen molar-refractivity contribution in [3.63, 3.8) is 0 Å². The molecule has 84 valence electrons. The van der Waals surface area contributed by atoms with Gasteiger partial charge in [-0.25, -0.2) is 14.8 Å². The van der Waals surface area contributed by atoms with Gasteiger partial charge in [0.1, 0.15) is 18.0 Å². The van der Waals surface area contributed by atoms with E-state index in [1.165, 1.54) is 12.4 Å². The van der Waals surface area contributed by atoms with E-state index in [1.807, 2.05) is 0 Å². The first-order valence-corrected chi connectivity index (χ1v) is 4.78. The van der Waals surface area contributed by atoms with Crippen LogP contribution in [0, 0.1) is 5.92 Å². The van der Waals surface area contributed by atoms with Crippen LogP contribution < -0.4 is 10.6 Å². The second-order valence-corrected chi connectivity index (χ2v) is 3.48. The number of nitrogens with one attached hydrogen (secondary N) is 2. The van der Waals surface area contributed by atoms with Crippen LogP contribution in [0.2, 0.25) is 0 Å². The van der Waals surface area contributed by atoms with Crippen LogP contribution in [0.1, 0.15) is 12.8 Å². The number of carbonyl (C=O) groups excluding carboxylic acids is 1. The molecule has 0 aromatic carbocycles. The number of hydrogen-bond donors (Lipinski definition) is 3. The van der Waals surface area contributed by atoms with Crippen LogP contribution in [-0.2, 0) is 4.79 Å². The Balaban J connectivity index is 2.03. The van der Waals surface area contributed by atoms with Crippen LogP contribution in [0.25, 0.3) is 0 Å². The summed E-state index contributed by atoms with van der Waals surface area (Å²) in [5.41, 5.74) is 0. The first-order chi connectivity index (χ1) is 7.65. The van der Waals surface area contributed by atoms with E-state index in [-0.39, 0.29) is 17.6 Å². The molecule has 0 bridgehead atoms. The summed E-state index contributed by atoms with van der Waals surface area (Å²) < 4.78 is 0. The van der Waals surface area contributed by atoms with Gasteiger partial charge in [0.25, 0.3) is 0 Å². The quantitative estimate of drug-likeness (QED) is 0.705. The SMILES string of the molecule is O=C(O)Nc1cc(NC(=O)C2CC2)ncn1. The zero-order valence-electron chi connectivity index (χ0n) is 8.30. The van der Waals surface area contributed by atoms with Crippen molar-refractivity contribution in [2.24, 2.45) is 5.92 Å². The van der Waals surface area contributed by atoms with E-state index in [0.717, 1.165) is 12.8 Å². The van der Waals surface area contributed by atoms with E-state index in [2.05, 4.69) is 20.6 Å².